The number of nitrogen functional groups attached to an aromatic ring is 1. The van der Waals surface area contributed by atoms with Gasteiger partial charge in [-0.15, -0.1) is 0 Å². The summed E-state index contributed by atoms with van der Waals surface area (Å²) in [5.74, 6) is 2.72. The van der Waals surface area contributed by atoms with E-state index >= 15 is 0 Å². The number of ether oxygens (including phenoxy) is 1. The molecule has 0 saturated heterocycles. The number of nitrogens with two attached hydrogens (primary N) is 1. The first-order chi connectivity index (χ1) is 9.38. The Bertz CT molecular complexity index is 641. The van der Waals surface area contributed by atoms with Crippen LogP contribution in [0.15, 0.2) is 22.7 Å². The minimum atomic E-state index is 0.350. The van der Waals surface area contributed by atoms with Crippen molar-refractivity contribution in [2.24, 2.45) is 0 Å². The molecule has 0 saturated carbocycles. The van der Waals surface area contributed by atoms with Gasteiger partial charge in [0.2, 0.25) is 5.88 Å². The van der Waals surface area contributed by atoms with Crippen molar-refractivity contribution in [1.82, 2.24) is 9.97 Å². The molecule has 0 spiro atoms. The van der Waals surface area contributed by atoms with Crippen LogP contribution < -0.4 is 10.5 Å². The highest BCUT2D eigenvalue weighted by molar-refractivity contribution is 9.10. The van der Waals surface area contributed by atoms with Gasteiger partial charge in [-0.3, -0.25) is 0 Å². The van der Waals surface area contributed by atoms with Gasteiger partial charge < -0.3 is 10.5 Å². The Morgan fingerprint density at radius 3 is 2.55 bits per heavy atom. The number of hydrogen-bond donors (Lipinski definition) is 1. The van der Waals surface area contributed by atoms with Crippen molar-refractivity contribution in [3.8, 4) is 11.6 Å². The van der Waals surface area contributed by atoms with Gasteiger partial charge in [-0.2, -0.15) is 4.98 Å². The molecule has 0 aliphatic heterocycles. The molecular formula is C15H18BrN3O. The summed E-state index contributed by atoms with van der Waals surface area (Å²) >= 11 is 3.49. The first-order valence-corrected chi connectivity index (χ1v) is 7.25. The van der Waals surface area contributed by atoms with Crippen LogP contribution in [-0.4, -0.2) is 9.97 Å². The molecular weight excluding hydrogens is 318 g/mol. The Balaban J connectivity index is 2.45. The summed E-state index contributed by atoms with van der Waals surface area (Å²) in [6, 6.07) is 5.95. The van der Waals surface area contributed by atoms with Gasteiger partial charge in [0.15, 0.2) is 0 Å². The van der Waals surface area contributed by atoms with Crippen LogP contribution in [0.5, 0.6) is 11.6 Å². The maximum Gasteiger partial charge on any atom is 0.227 e. The van der Waals surface area contributed by atoms with E-state index in [2.05, 4.69) is 45.8 Å². The summed E-state index contributed by atoms with van der Waals surface area (Å²) in [6.07, 6.45) is 0. The Morgan fingerprint density at radius 1 is 1.20 bits per heavy atom. The fourth-order valence-corrected chi connectivity index (χ4v) is 2.27. The van der Waals surface area contributed by atoms with Crippen molar-refractivity contribution < 1.29 is 4.74 Å². The van der Waals surface area contributed by atoms with Crippen LogP contribution in [0.3, 0.4) is 0 Å². The lowest BCUT2D eigenvalue weighted by molar-refractivity contribution is 0.448. The highest BCUT2D eigenvalue weighted by Gasteiger charge is 2.13. The second-order valence-electron chi connectivity index (χ2n) is 5.03. The number of halogens is 1. The smallest absolute Gasteiger partial charge is 0.227 e. The highest BCUT2D eigenvalue weighted by atomic mass is 79.9. The average molecular weight is 336 g/mol. The second kappa shape index (κ2) is 5.79. The Hall–Kier alpha value is -1.62. The first-order valence-electron chi connectivity index (χ1n) is 6.46. The normalized spacial score (nSPS) is 10.9. The number of anilines is 1. The number of aromatic nitrogens is 2. The van der Waals surface area contributed by atoms with E-state index in [0.29, 0.717) is 23.4 Å². The third-order valence-corrected chi connectivity index (χ3v) is 3.54. The summed E-state index contributed by atoms with van der Waals surface area (Å²) in [5, 5.41) is 0. The largest absolute Gasteiger partial charge is 0.438 e. The van der Waals surface area contributed by atoms with Crippen LogP contribution >= 0.6 is 15.9 Å². The molecule has 0 bridgehead atoms. The zero-order valence-corrected chi connectivity index (χ0v) is 13.7. The molecule has 2 aromatic rings. The molecule has 0 aliphatic carbocycles. The molecule has 4 nitrogen and oxygen atoms in total. The SMILES string of the molecule is Cc1nc(N)c(C)c(Oc2ccc(Br)cc2C(C)C)n1. The number of hydrogen-bond acceptors (Lipinski definition) is 4. The van der Waals surface area contributed by atoms with Crippen molar-refractivity contribution in [1.29, 1.82) is 0 Å². The minimum absolute atomic E-state index is 0.350. The molecule has 5 heteroatoms. The lowest BCUT2D eigenvalue weighted by Gasteiger charge is -2.15. The van der Waals surface area contributed by atoms with E-state index in [-0.39, 0.29) is 0 Å². The van der Waals surface area contributed by atoms with E-state index in [1.165, 1.54) is 0 Å². The molecule has 0 radical (unpaired) electrons. The molecule has 2 rings (SSSR count). The van der Waals surface area contributed by atoms with Gasteiger partial charge in [-0.25, -0.2) is 4.98 Å². The van der Waals surface area contributed by atoms with E-state index in [9.17, 15) is 0 Å². The number of nitrogens with zero attached hydrogens (tertiary/aromatic N) is 2. The van der Waals surface area contributed by atoms with E-state index in [0.717, 1.165) is 21.3 Å². The first kappa shape index (κ1) is 14.8. The van der Waals surface area contributed by atoms with Crippen LogP contribution in [0.25, 0.3) is 0 Å². The fraction of sp³-hybridized carbons (Fsp3) is 0.333. The molecule has 0 aliphatic rings. The van der Waals surface area contributed by atoms with Gasteiger partial charge in [0.05, 0.1) is 5.56 Å². The van der Waals surface area contributed by atoms with Crippen molar-refractivity contribution in [2.45, 2.75) is 33.6 Å². The zero-order valence-electron chi connectivity index (χ0n) is 12.1. The van der Waals surface area contributed by atoms with Crippen molar-refractivity contribution in [3.63, 3.8) is 0 Å². The molecule has 20 heavy (non-hydrogen) atoms. The Labute approximate surface area is 127 Å². The predicted octanol–water partition coefficient (Wildman–Crippen LogP) is 4.35. The number of benzene rings is 1. The third kappa shape index (κ3) is 3.10. The van der Waals surface area contributed by atoms with Gasteiger partial charge in [0.25, 0.3) is 0 Å². The third-order valence-electron chi connectivity index (χ3n) is 3.05. The fourth-order valence-electron chi connectivity index (χ4n) is 1.89. The molecule has 106 valence electrons. The predicted molar refractivity (Wildman–Crippen MR) is 84.2 cm³/mol. The van der Waals surface area contributed by atoms with E-state index < -0.39 is 0 Å². The summed E-state index contributed by atoms with van der Waals surface area (Å²) in [5.41, 5.74) is 7.74. The van der Waals surface area contributed by atoms with E-state index in [1.807, 2.05) is 19.1 Å². The topological polar surface area (TPSA) is 61.0 Å². The summed E-state index contributed by atoms with van der Waals surface area (Å²) in [6.45, 7) is 7.91. The van der Waals surface area contributed by atoms with Crippen LogP contribution in [-0.2, 0) is 0 Å². The van der Waals surface area contributed by atoms with Crippen LogP contribution in [0.4, 0.5) is 5.82 Å². The molecule has 0 amide bonds. The van der Waals surface area contributed by atoms with Gasteiger partial charge in [-0.05, 0) is 43.5 Å². The van der Waals surface area contributed by atoms with Crippen LogP contribution in [0, 0.1) is 13.8 Å². The molecule has 0 atom stereocenters. The second-order valence-corrected chi connectivity index (χ2v) is 5.94. The Morgan fingerprint density at radius 2 is 1.90 bits per heavy atom. The van der Waals surface area contributed by atoms with Gasteiger partial charge in [0, 0.05) is 4.47 Å². The number of rotatable bonds is 3. The van der Waals surface area contributed by atoms with Crippen LogP contribution in [0.2, 0.25) is 0 Å². The van der Waals surface area contributed by atoms with E-state index in [4.69, 9.17) is 10.5 Å². The molecule has 0 fully saturated rings. The highest BCUT2D eigenvalue weighted by Crippen LogP contribution is 2.33. The van der Waals surface area contributed by atoms with Gasteiger partial charge in [-0.1, -0.05) is 29.8 Å². The van der Waals surface area contributed by atoms with Crippen molar-refractivity contribution in [3.05, 3.63) is 39.6 Å². The van der Waals surface area contributed by atoms with E-state index in [1.54, 1.807) is 6.92 Å². The molecule has 0 unspecified atom stereocenters. The van der Waals surface area contributed by atoms with Gasteiger partial charge >= 0.3 is 0 Å². The minimum Gasteiger partial charge on any atom is -0.438 e. The van der Waals surface area contributed by atoms with Crippen molar-refractivity contribution in [2.75, 3.05) is 5.73 Å². The maximum absolute atomic E-state index is 5.97. The van der Waals surface area contributed by atoms with Gasteiger partial charge in [0.1, 0.15) is 17.4 Å². The average Bonchev–Trinajstić information content (AvgIpc) is 2.37. The summed E-state index contributed by atoms with van der Waals surface area (Å²) in [7, 11) is 0. The zero-order chi connectivity index (χ0) is 14.9. The lowest BCUT2D eigenvalue weighted by Crippen LogP contribution is -2.03. The monoisotopic (exact) mass is 335 g/mol. The van der Waals surface area contributed by atoms with Crippen LogP contribution in [0.1, 0.15) is 36.7 Å². The quantitative estimate of drug-likeness (QED) is 0.905. The summed E-state index contributed by atoms with van der Waals surface area (Å²) in [4.78, 5) is 8.45. The molecule has 1 heterocycles. The summed E-state index contributed by atoms with van der Waals surface area (Å²) < 4.78 is 7.00. The molecule has 1 aromatic heterocycles. The molecule has 2 N–H and O–H groups in total. The lowest BCUT2D eigenvalue weighted by atomic mass is 10.0. The van der Waals surface area contributed by atoms with Crippen molar-refractivity contribution >= 4 is 21.7 Å². The molecule has 1 aromatic carbocycles. The Kier molecular flexibility index (Phi) is 4.28. The standard InChI is InChI=1S/C15H18BrN3O/c1-8(2)12-7-11(16)5-6-13(12)20-15-9(3)14(17)18-10(4)19-15/h5-8H,1-4H3,(H2,17,18,19). The maximum atomic E-state index is 5.97. The number of aryl methyl sites for hydroxylation is 1.